The number of aromatic nitrogens is 2. The van der Waals surface area contributed by atoms with E-state index in [1.54, 1.807) is 24.8 Å². The van der Waals surface area contributed by atoms with Crippen molar-refractivity contribution in [1.82, 2.24) is 9.97 Å². The first-order chi connectivity index (χ1) is 11.8. The van der Waals surface area contributed by atoms with E-state index in [1.165, 1.54) is 16.6 Å². The van der Waals surface area contributed by atoms with Crippen molar-refractivity contribution in [3.63, 3.8) is 0 Å². The molecule has 1 saturated heterocycles. The standard InChI is InChI=1S/C18H20N4OS/c1-13-11-24-18-16(13)17(19-12-20-18)22-9-7-21(8-10-22)14-3-5-15(23-2)6-4-14/h3-6,11-12H,7-10H2,1-2H3. The number of benzene rings is 1. The van der Waals surface area contributed by atoms with E-state index < -0.39 is 0 Å². The van der Waals surface area contributed by atoms with Gasteiger partial charge in [0.1, 0.15) is 22.7 Å². The first-order valence-corrected chi connectivity index (χ1v) is 8.97. The molecule has 124 valence electrons. The van der Waals surface area contributed by atoms with Gasteiger partial charge in [-0.2, -0.15) is 0 Å². The maximum Gasteiger partial charge on any atom is 0.141 e. The van der Waals surface area contributed by atoms with E-state index in [0.29, 0.717) is 0 Å². The second kappa shape index (κ2) is 6.28. The van der Waals surface area contributed by atoms with Gasteiger partial charge in [-0.1, -0.05) is 0 Å². The molecule has 6 heteroatoms. The number of rotatable bonds is 3. The van der Waals surface area contributed by atoms with Crippen LogP contribution in [0, 0.1) is 6.92 Å². The predicted octanol–water partition coefficient (Wildman–Crippen LogP) is 3.33. The van der Waals surface area contributed by atoms with Gasteiger partial charge < -0.3 is 14.5 Å². The summed E-state index contributed by atoms with van der Waals surface area (Å²) in [6.07, 6.45) is 1.68. The highest BCUT2D eigenvalue weighted by Gasteiger charge is 2.21. The maximum atomic E-state index is 5.24. The minimum absolute atomic E-state index is 0.897. The average molecular weight is 340 g/mol. The molecule has 0 amide bonds. The van der Waals surface area contributed by atoms with Crippen LogP contribution in [0.1, 0.15) is 5.56 Å². The van der Waals surface area contributed by atoms with Crippen molar-refractivity contribution in [2.75, 3.05) is 43.1 Å². The topological polar surface area (TPSA) is 41.5 Å². The highest BCUT2D eigenvalue weighted by molar-refractivity contribution is 7.17. The van der Waals surface area contributed by atoms with Crippen LogP contribution < -0.4 is 14.5 Å². The molecule has 1 aliphatic heterocycles. The summed E-state index contributed by atoms with van der Waals surface area (Å²) in [6.45, 7) is 6.04. The highest BCUT2D eigenvalue weighted by Crippen LogP contribution is 2.31. The number of aryl methyl sites for hydroxylation is 1. The lowest BCUT2D eigenvalue weighted by atomic mass is 10.2. The molecule has 0 unspecified atom stereocenters. The van der Waals surface area contributed by atoms with Gasteiger partial charge in [0.05, 0.1) is 12.5 Å². The molecule has 1 aromatic carbocycles. The van der Waals surface area contributed by atoms with E-state index in [-0.39, 0.29) is 0 Å². The molecule has 24 heavy (non-hydrogen) atoms. The minimum Gasteiger partial charge on any atom is -0.497 e. The zero-order valence-electron chi connectivity index (χ0n) is 13.9. The second-order valence-electron chi connectivity index (χ2n) is 5.97. The van der Waals surface area contributed by atoms with Gasteiger partial charge in [-0.05, 0) is 42.1 Å². The summed E-state index contributed by atoms with van der Waals surface area (Å²) in [5.41, 5.74) is 2.51. The molecule has 0 atom stereocenters. The third kappa shape index (κ3) is 2.67. The van der Waals surface area contributed by atoms with Crippen molar-refractivity contribution in [2.24, 2.45) is 0 Å². The first-order valence-electron chi connectivity index (χ1n) is 8.09. The Bertz CT molecular complexity index is 838. The van der Waals surface area contributed by atoms with Gasteiger partial charge in [-0.3, -0.25) is 0 Å². The predicted molar refractivity (Wildman–Crippen MR) is 99.6 cm³/mol. The van der Waals surface area contributed by atoms with E-state index in [1.807, 2.05) is 12.1 Å². The number of hydrogen-bond donors (Lipinski definition) is 0. The molecule has 4 rings (SSSR count). The van der Waals surface area contributed by atoms with Crippen molar-refractivity contribution in [3.05, 3.63) is 41.5 Å². The van der Waals surface area contributed by atoms with Crippen molar-refractivity contribution >= 4 is 33.1 Å². The smallest absolute Gasteiger partial charge is 0.141 e. The van der Waals surface area contributed by atoms with E-state index in [9.17, 15) is 0 Å². The SMILES string of the molecule is COc1ccc(N2CCN(c3ncnc4scc(C)c34)CC2)cc1. The van der Waals surface area contributed by atoms with Crippen LogP contribution in [-0.2, 0) is 0 Å². The van der Waals surface area contributed by atoms with Crippen LogP contribution in [0.2, 0.25) is 0 Å². The van der Waals surface area contributed by atoms with E-state index >= 15 is 0 Å². The molecule has 3 aromatic rings. The largest absolute Gasteiger partial charge is 0.497 e. The molecular formula is C18H20N4OS. The Labute approximate surface area is 145 Å². The summed E-state index contributed by atoms with van der Waals surface area (Å²) in [5.74, 6) is 1.97. The summed E-state index contributed by atoms with van der Waals surface area (Å²) >= 11 is 1.69. The van der Waals surface area contributed by atoms with Crippen molar-refractivity contribution in [2.45, 2.75) is 6.92 Å². The molecule has 0 aliphatic carbocycles. The Hall–Kier alpha value is -2.34. The van der Waals surface area contributed by atoms with Gasteiger partial charge in [0.2, 0.25) is 0 Å². The molecule has 0 bridgehead atoms. The lowest BCUT2D eigenvalue weighted by Gasteiger charge is -2.37. The first kappa shape index (κ1) is 15.2. The highest BCUT2D eigenvalue weighted by atomic mass is 32.1. The summed E-state index contributed by atoms with van der Waals surface area (Å²) in [6, 6.07) is 8.29. The Morgan fingerprint density at radius 3 is 2.42 bits per heavy atom. The van der Waals surface area contributed by atoms with Crippen LogP contribution in [-0.4, -0.2) is 43.3 Å². The van der Waals surface area contributed by atoms with Gasteiger partial charge in [-0.15, -0.1) is 11.3 Å². The normalized spacial score (nSPS) is 15.1. The molecule has 0 spiro atoms. The fourth-order valence-electron chi connectivity index (χ4n) is 3.21. The van der Waals surface area contributed by atoms with Crippen LogP contribution in [0.25, 0.3) is 10.2 Å². The van der Waals surface area contributed by atoms with E-state index in [4.69, 9.17) is 4.74 Å². The number of fused-ring (bicyclic) bond motifs is 1. The summed E-state index contributed by atoms with van der Waals surface area (Å²) < 4.78 is 5.24. The van der Waals surface area contributed by atoms with Crippen LogP contribution in [0.15, 0.2) is 36.0 Å². The van der Waals surface area contributed by atoms with Crippen LogP contribution in [0.4, 0.5) is 11.5 Å². The molecule has 1 aliphatic rings. The van der Waals surface area contributed by atoms with E-state index in [0.717, 1.165) is 42.6 Å². The Kier molecular flexibility index (Phi) is 3.98. The summed E-state index contributed by atoms with van der Waals surface area (Å²) in [5, 5.41) is 3.37. The number of piperazine rings is 1. The van der Waals surface area contributed by atoms with E-state index in [2.05, 4.69) is 44.2 Å². The fraction of sp³-hybridized carbons (Fsp3) is 0.333. The van der Waals surface area contributed by atoms with Crippen molar-refractivity contribution < 1.29 is 4.74 Å². The number of hydrogen-bond acceptors (Lipinski definition) is 6. The van der Waals surface area contributed by atoms with Gasteiger partial charge >= 0.3 is 0 Å². The van der Waals surface area contributed by atoms with Crippen molar-refractivity contribution in [1.29, 1.82) is 0 Å². The molecule has 0 radical (unpaired) electrons. The Morgan fingerprint density at radius 2 is 1.71 bits per heavy atom. The lowest BCUT2D eigenvalue weighted by Crippen LogP contribution is -2.46. The fourth-order valence-corrected chi connectivity index (χ4v) is 4.09. The van der Waals surface area contributed by atoms with Gasteiger partial charge in [0.15, 0.2) is 0 Å². The molecule has 0 N–H and O–H groups in total. The Morgan fingerprint density at radius 1 is 1.00 bits per heavy atom. The zero-order valence-corrected chi connectivity index (χ0v) is 14.7. The van der Waals surface area contributed by atoms with Gasteiger partial charge in [0, 0.05) is 31.9 Å². The van der Waals surface area contributed by atoms with Crippen molar-refractivity contribution in [3.8, 4) is 5.75 Å². The third-order valence-corrected chi connectivity index (χ3v) is 5.56. The summed E-state index contributed by atoms with van der Waals surface area (Å²) in [4.78, 5) is 14.8. The van der Waals surface area contributed by atoms with Crippen LogP contribution in [0.3, 0.4) is 0 Å². The van der Waals surface area contributed by atoms with Crippen LogP contribution in [0.5, 0.6) is 5.75 Å². The molecule has 1 fully saturated rings. The lowest BCUT2D eigenvalue weighted by molar-refractivity contribution is 0.415. The average Bonchev–Trinajstić information content (AvgIpc) is 3.03. The molecular weight excluding hydrogens is 320 g/mol. The number of nitrogens with zero attached hydrogens (tertiary/aromatic N) is 4. The molecule has 0 saturated carbocycles. The molecule has 5 nitrogen and oxygen atoms in total. The second-order valence-corrected chi connectivity index (χ2v) is 6.83. The molecule has 2 aromatic heterocycles. The quantitative estimate of drug-likeness (QED) is 0.731. The minimum atomic E-state index is 0.897. The third-order valence-electron chi connectivity index (χ3n) is 4.55. The number of anilines is 2. The number of methoxy groups -OCH3 is 1. The number of thiophene rings is 1. The van der Waals surface area contributed by atoms with Crippen LogP contribution >= 0.6 is 11.3 Å². The Balaban J connectivity index is 1.52. The number of ether oxygens (including phenoxy) is 1. The van der Waals surface area contributed by atoms with Gasteiger partial charge in [-0.25, -0.2) is 9.97 Å². The molecule has 3 heterocycles. The summed E-state index contributed by atoms with van der Waals surface area (Å²) in [7, 11) is 1.70. The van der Waals surface area contributed by atoms with Gasteiger partial charge in [0.25, 0.3) is 0 Å². The monoisotopic (exact) mass is 340 g/mol. The maximum absolute atomic E-state index is 5.24. The zero-order chi connectivity index (χ0) is 16.5.